The molecule has 5 nitrogen and oxygen atoms in total. The standard InChI is InChI=1S/C18H15ClN2O3S/c1-12-8-14(25-11-20)6-7-16(12)21-17(22)10-24-18(23)9-13-4-2-3-5-15(13)19/h2-8H,9-10H2,1H3,(H,21,22). The molecule has 0 spiro atoms. The van der Waals surface area contributed by atoms with Gasteiger partial charge in [-0.15, -0.1) is 0 Å². The first-order valence-corrected chi connectivity index (χ1v) is 8.54. The number of ether oxygens (including phenoxy) is 1. The molecule has 2 aromatic carbocycles. The summed E-state index contributed by atoms with van der Waals surface area (Å²) in [5.41, 5.74) is 2.07. The molecule has 0 aliphatic heterocycles. The number of carbonyl (C=O) groups excluding carboxylic acids is 2. The quantitative estimate of drug-likeness (QED) is 0.470. The van der Waals surface area contributed by atoms with Crippen LogP contribution in [0.5, 0.6) is 0 Å². The molecule has 0 aliphatic rings. The van der Waals surface area contributed by atoms with E-state index in [-0.39, 0.29) is 13.0 Å². The van der Waals surface area contributed by atoms with Gasteiger partial charge in [-0.1, -0.05) is 29.8 Å². The number of nitrogens with one attached hydrogen (secondary N) is 1. The van der Waals surface area contributed by atoms with Gasteiger partial charge in [0.25, 0.3) is 5.91 Å². The molecule has 0 atom stereocenters. The first kappa shape index (κ1) is 18.8. The summed E-state index contributed by atoms with van der Waals surface area (Å²) >= 11 is 7.03. The van der Waals surface area contributed by atoms with Gasteiger partial charge in [0.15, 0.2) is 6.61 Å². The fraction of sp³-hybridized carbons (Fsp3) is 0.167. The number of nitriles is 1. The second-order valence-corrected chi connectivity index (χ2v) is 6.41. The van der Waals surface area contributed by atoms with Crippen LogP contribution in [0.2, 0.25) is 5.02 Å². The number of aryl methyl sites for hydroxylation is 1. The monoisotopic (exact) mass is 374 g/mol. The zero-order valence-corrected chi connectivity index (χ0v) is 15.0. The van der Waals surface area contributed by atoms with Crippen LogP contribution in [0, 0.1) is 17.6 Å². The van der Waals surface area contributed by atoms with Crippen LogP contribution in [0.15, 0.2) is 47.4 Å². The number of benzene rings is 2. The summed E-state index contributed by atoms with van der Waals surface area (Å²) in [6, 6.07) is 12.2. The molecule has 0 unspecified atom stereocenters. The Bertz CT molecular complexity index is 833. The van der Waals surface area contributed by atoms with Crippen LogP contribution in [-0.2, 0) is 20.7 Å². The summed E-state index contributed by atoms with van der Waals surface area (Å²) in [6.45, 7) is 1.44. The van der Waals surface area contributed by atoms with Crippen molar-refractivity contribution in [3.8, 4) is 5.40 Å². The molecule has 0 fully saturated rings. The Morgan fingerprint density at radius 3 is 2.72 bits per heavy atom. The Balaban J connectivity index is 1.85. The van der Waals surface area contributed by atoms with Crippen molar-refractivity contribution in [3.05, 3.63) is 58.6 Å². The third kappa shape index (κ3) is 5.82. The fourth-order valence-corrected chi connectivity index (χ4v) is 2.75. The van der Waals surface area contributed by atoms with Crippen molar-refractivity contribution in [3.63, 3.8) is 0 Å². The molecule has 0 aliphatic carbocycles. The van der Waals surface area contributed by atoms with Gasteiger partial charge in [-0.05, 0) is 54.1 Å². The molecule has 0 saturated heterocycles. The van der Waals surface area contributed by atoms with Crippen molar-refractivity contribution in [2.75, 3.05) is 11.9 Å². The molecule has 0 aromatic heterocycles. The van der Waals surface area contributed by atoms with Gasteiger partial charge in [0.05, 0.1) is 6.42 Å². The third-order valence-corrected chi connectivity index (χ3v) is 4.24. The van der Waals surface area contributed by atoms with Crippen LogP contribution in [0.1, 0.15) is 11.1 Å². The van der Waals surface area contributed by atoms with Crippen LogP contribution in [0.4, 0.5) is 5.69 Å². The highest BCUT2D eigenvalue weighted by Gasteiger charge is 2.11. The predicted molar refractivity (Wildman–Crippen MR) is 97.4 cm³/mol. The number of amides is 1. The highest BCUT2D eigenvalue weighted by atomic mass is 35.5. The molecule has 2 rings (SSSR count). The van der Waals surface area contributed by atoms with E-state index in [0.717, 1.165) is 22.2 Å². The van der Waals surface area contributed by atoms with E-state index in [1.807, 2.05) is 12.3 Å². The highest BCUT2D eigenvalue weighted by molar-refractivity contribution is 8.03. The van der Waals surface area contributed by atoms with Crippen LogP contribution < -0.4 is 5.32 Å². The lowest BCUT2D eigenvalue weighted by Gasteiger charge is -2.10. The number of nitrogens with zero attached hydrogens (tertiary/aromatic N) is 1. The minimum Gasteiger partial charge on any atom is -0.455 e. The Morgan fingerprint density at radius 1 is 1.28 bits per heavy atom. The molecule has 0 bridgehead atoms. The number of anilines is 1. The normalized spacial score (nSPS) is 9.96. The van der Waals surface area contributed by atoms with Crippen molar-refractivity contribution < 1.29 is 14.3 Å². The second kappa shape index (κ2) is 9.11. The SMILES string of the molecule is Cc1cc(SC#N)ccc1NC(=O)COC(=O)Cc1ccccc1Cl. The van der Waals surface area contributed by atoms with Gasteiger partial charge in [-0.3, -0.25) is 9.59 Å². The van der Waals surface area contributed by atoms with Gasteiger partial charge in [0.1, 0.15) is 5.40 Å². The largest absolute Gasteiger partial charge is 0.455 e. The predicted octanol–water partition coefficient (Wildman–Crippen LogP) is 3.95. The van der Waals surface area contributed by atoms with E-state index in [1.165, 1.54) is 0 Å². The van der Waals surface area contributed by atoms with Crippen molar-refractivity contribution in [1.29, 1.82) is 5.26 Å². The summed E-state index contributed by atoms with van der Waals surface area (Å²) < 4.78 is 4.98. The maximum Gasteiger partial charge on any atom is 0.310 e. The minimum absolute atomic E-state index is 0.00601. The smallest absolute Gasteiger partial charge is 0.310 e. The zero-order chi connectivity index (χ0) is 18.2. The number of hydrogen-bond donors (Lipinski definition) is 1. The summed E-state index contributed by atoms with van der Waals surface area (Å²) in [6.07, 6.45) is 0.00601. The first-order valence-electron chi connectivity index (χ1n) is 7.35. The zero-order valence-electron chi connectivity index (χ0n) is 13.4. The van der Waals surface area contributed by atoms with Crippen molar-refractivity contribution in [2.24, 2.45) is 0 Å². The third-order valence-electron chi connectivity index (χ3n) is 3.29. The van der Waals surface area contributed by atoms with E-state index >= 15 is 0 Å². The Labute approximate surface area is 154 Å². The summed E-state index contributed by atoms with van der Waals surface area (Å²) in [4.78, 5) is 24.5. The summed E-state index contributed by atoms with van der Waals surface area (Å²) in [7, 11) is 0. The van der Waals surface area contributed by atoms with E-state index in [0.29, 0.717) is 16.3 Å². The van der Waals surface area contributed by atoms with Crippen molar-refractivity contribution >= 4 is 40.9 Å². The van der Waals surface area contributed by atoms with E-state index < -0.39 is 11.9 Å². The molecule has 7 heteroatoms. The van der Waals surface area contributed by atoms with Gasteiger partial charge in [0, 0.05) is 15.6 Å². The average molecular weight is 375 g/mol. The molecule has 1 N–H and O–H groups in total. The topological polar surface area (TPSA) is 79.2 Å². The van der Waals surface area contributed by atoms with Crippen LogP contribution in [0.25, 0.3) is 0 Å². The van der Waals surface area contributed by atoms with E-state index in [4.69, 9.17) is 21.6 Å². The molecule has 0 saturated carbocycles. The molecular weight excluding hydrogens is 360 g/mol. The van der Waals surface area contributed by atoms with Crippen LogP contribution in [-0.4, -0.2) is 18.5 Å². The summed E-state index contributed by atoms with van der Waals surface area (Å²) in [5.74, 6) is -0.961. The first-order chi connectivity index (χ1) is 12.0. The Morgan fingerprint density at radius 2 is 2.04 bits per heavy atom. The van der Waals surface area contributed by atoms with Crippen molar-refractivity contribution in [1.82, 2.24) is 0 Å². The molecule has 0 radical (unpaired) electrons. The fourth-order valence-electron chi connectivity index (χ4n) is 2.07. The molecule has 128 valence electrons. The number of thioether (sulfide) groups is 1. The van der Waals surface area contributed by atoms with Gasteiger partial charge in [-0.25, -0.2) is 0 Å². The number of halogens is 1. The van der Waals surface area contributed by atoms with Crippen LogP contribution >= 0.6 is 23.4 Å². The van der Waals surface area contributed by atoms with E-state index in [2.05, 4.69) is 5.32 Å². The lowest BCUT2D eigenvalue weighted by molar-refractivity contribution is -0.146. The maximum absolute atomic E-state index is 11.9. The molecule has 2 aromatic rings. The Kier molecular flexibility index (Phi) is 6.87. The van der Waals surface area contributed by atoms with Crippen molar-refractivity contribution in [2.45, 2.75) is 18.2 Å². The maximum atomic E-state index is 11.9. The van der Waals surface area contributed by atoms with Gasteiger partial charge < -0.3 is 10.1 Å². The highest BCUT2D eigenvalue weighted by Crippen LogP contribution is 2.23. The summed E-state index contributed by atoms with van der Waals surface area (Å²) in [5, 5.41) is 13.8. The second-order valence-electron chi connectivity index (χ2n) is 5.15. The van der Waals surface area contributed by atoms with Gasteiger partial charge >= 0.3 is 5.97 Å². The molecular formula is C18H15ClN2O3S. The number of thiocyanates is 1. The van der Waals surface area contributed by atoms with E-state index in [1.54, 1.807) is 42.5 Å². The van der Waals surface area contributed by atoms with Gasteiger partial charge in [0.2, 0.25) is 0 Å². The molecule has 0 heterocycles. The number of carbonyl (C=O) groups is 2. The Hall–Kier alpha value is -2.49. The lowest BCUT2D eigenvalue weighted by Crippen LogP contribution is -2.22. The van der Waals surface area contributed by atoms with Crippen LogP contribution in [0.3, 0.4) is 0 Å². The lowest BCUT2D eigenvalue weighted by atomic mass is 10.1. The molecule has 25 heavy (non-hydrogen) atoms. The molecule has 1 amide bonds. The number of rotatable bonds is 6. The average Bonchev–Trinajstić information content (AvgIpc) is 2.58. The number of esters is 1. The number of hydrogen-bond acceptors (Lipinski definition) is 5. The van der Waals surface area contributed by atoms with E-state index in [9.17, 15) is 9.59 Å². The van der Waals surface area contributed by atoms with Gasteiger partial charge in [-0.2, -0.15) is 5.26 Å². The minimum atomic E-state index is -0.527.